The molecule has 0 aliphatic heterocycles. The maximum atomic E-state index is 9.18. The molecule has 2 unspecified atom stereocenters. The van der Waals surface area contributed by atoms with E-state index in [1.54, 1.807) is 0 Å². The number of hydrogen-bond donors (Lipinski definition) is 1. The van der Waals surface area contributed by atoms with Crippen LogP contribution in [0, 0.1) is 11.3 Å². The third-order valence-corrected chi connectivity index (χ3v) is 2.94. The Hall–Kier alpha value is -1.53. The lowest BCUT2D eigenvalue weighted by atomic mass is 10.1. The Morgan fingerprint density at radius 1 is 1.29 bits per heavy atom. The topological polar surface area (TPSA) is 39.1 Å². The molecule has 0 bridgehead atoms. The molecule has 2 atom stereocenters. The molecule has 0 aromatic heterocycles. The summed E-state index contributed by atoms with van der Waals surface area (Å²) in [4.78, 5) is 2.05. The summed E-state index contributed by atoms with van der Waals surface area (Å²) in [5.74, 6) is 0. The number of nitrogens with one attached hydrogen (secondary N) is 1. The van der Waals surface area contributed by atoms with Gasteiger partial charge in [0.05, 0.1) is 6.07 Å². The molecule has 1 rings (SSSR count). The van der Waals surface area contributed by atoms with Crippen LogP contribution in [0.1, 0.15) is 31.9 Å². The maximum Gasteiger partial charge on any atom is 0.121 e. The zero-order valence-corrected chi connectivity index (χ0v) is 11.1. The number of nitrogens with zero attached hydrogens (tertiary/aromatic N) is 2. The summed E-state index contributed by atoms with van der Waals surface area (Å²) >= 11 is 0. The van der Waals surface area contributed by atoms with Crippen LogP contribution in [0.3, 0.4) is 0 Å². The van der Waals surface area contributed by atoms with E-state index in [2.05, 4.69) is 25.2 Å². The van der Waals surface area contributed by atoms with E-state index >= 15 is 0 Å². The Kier molecular flexibility index (Phi) is 4.99. The van der Waals surface area contributed by atoms with Gasteiger partial charge in [0.25, 0.3) is 0 Å². The van der Waals surface area contributed by atoms with Crippen molar-refractivity contribution in [2.75, 3.05) is 19.0 Å². The van der Waals surface area contributed by atoms with Gasteiger partial charge in [0.15, 0.2) is 0 Å². The first-order valence-electron chi connectivity index (χ1n) is 6.01. The van der Waals surface area contributed by atoms with Gasteiger partial charge in [-0.2, -0.15) is 5.26 Å². The molecule has 0 aliphatic rings. The lowest BCUT2D eigenvalue weighted by molar-refractivity contribution is 0.501. The van der Waals surface area contributed by atoms with Crippen molar-refractivity contribution in [1.82, 2.24) is 5.32 Å². The SMILES string of the molecule is CCC(C)NC(C#N)c1ccc(N(C)C)cc1. The van der Waals surface area contributed by atoms with Gasteiger partial charge in [0.2, 0.25) is 0 Å². The molecular weight excluding hydrogens is 210 g/mol. The Balaban J connectivity index is 2.80. The summed E-state index contributed by atoms with van der Waals surface area (Å²) in [5.41, 5.74) is 2.17. The van der Waals surface area contributed by atoms with Gasteiger partial charge < -0.3 is 4.90 Å². The van der Waals surface area contributed by atoms with E-state index in [4.69, 9.17) is 0 Å². The zero-order valence-electron chi connectivity index (χ0n) is 11.1. The van der Waals surface area contributed by atoms with Crippen LogP contribution in [0.4, 0.5) is 5.69 Å². The van der Waals surface area contributed by atoms with E-state index in [1.165, 1.54) is 0 Å². The Morgan fingerprint density at radius 2 is 1.88 bits per heavy atom. The Labute approximate surface area is 104 Å². The first kappa shape index (κ1) is 13.5. The van der Waals surface area contributed by atoms with E-state index in [9.17, 15) is 5.26 Å². The number of hydrogen-bond acceptors (Lipinski definition) is 3. The van der Waals surface area contributed by atoms with Gasteiger partial charge in [-0.15, -0.1) is 0 Å². The normalized spacial score (nSPS) is 13.8. The number of benzene rings is 1. The van der Waals surface area contributed by atoms with Gasteiger partial charge in [-0.3, -0.25) is 5.32 Å². The van der Waals surface area contributed by atoms with Crippen LogP contribution >= 0.6 is 0 Å². The zero-order chi connectivity index (χ0) is 12.8. The van der Waals surface area contributed by atoms with Crippen molar-refractivity contribution in [2.24, 2.45) is 0 Å². The molecule has 3 heteroatoms. The summed E-state index contributed by atoms with van der Waals surface area (Å²) in [7, 11) is 4.02. The minimum Gasteiger partial charge on any atom is -0.378 e. The van der Waals surface area contributed by atoms with Gasteiger partial charge in [-0.05, 0) is 31.0 Å². The molecule has 1 aromatic rings. The van der Waals surface area contributed by atoms with E-state index in [0.29, 0.717) is 6.04 Å². The van der Waals surface area contributed by atoms with Gasteiger partial charge in [-0.25, -0.2) is 0 Å². The standard InChI is InChI=1S/C14H21N3/c1-5-11(2)16-14(10-15)12-6-8-13(9-7-12)17(3)4/h6-9,11,14,16H,5H2,1-4H3. The fourth-order valence-electron chi connectivity index (χ4n) is 1.58. The van der Waals surface area contributed by atoms with E-state index < -0.39 is 0 Å². The Morgan fingerprint density at radius 3 is 2.29 bits per heavy atom. The minimum atomic E-state index is -0.221. The summed E-state index contributed by atoms with van der Waals surface area (Å²) < 4.78 is 0. The molecular formula is C14H21N3. The fraction of sp³-hybridized carbons (Fsp3) is 0.500. The average molecular weight is 231 g/mol. The van der Waals surface area contributed by atoms with Crippen LogP contribution in [0.15, 0.2) is 24.3 Å². The largest absolute Gasteiger partial charge is 0.378 e. The maximum absolute atomic E-state index is 9.18. The van der Waals surface area contributed by atoms with Crippen molar-refractivity contribution in [3.63, 3.8) is 0 Å². The first-order chi connectivity index (χ1) is 8.08. The smallest absolute Gasteiger partial charge is 0.121 e. The second kappa shape index (κ2) is 6.27. The predicted octanol–water partition coefficient (Wildman–Crippen LogP) is 2.71. The van der Waals surface area contributed by atoms with Gasteiger partial charge in [0, 0.05) is 25.8 Å². The van der Waals surface area contributed by atoms with Crippen LogP contribution < -0.4 is 10.2 Å². The van der Waals surface area contributed by atoms with Crippen molar-refractivity contribution >= 4 is 5.69 Å². The summed E-state index contributed by atoms with van der Waals surface area (Å²) in [6.45, 7) is 4.21. The quantitative estimate of drug-likeness (QED) is 0.847. The van der Waals surface area contributed by atoms with Crippen molar-refractivity contribution in [2.45, 2.75) is 32.4 Å². The molecule has 0 amide bonds. The third kappa shape index (κ3) is 3.76. The highest BCUT2D eigenvalue weighted by molar-refractivity contribution is 5.47. The molecule has 0 saturated heterocycles. The molecule has 17 heavy (non-hydrogen) atoms. The minimum absolute atomic E-state index is 0.221. The van der Waals surface area contributed by atoms with Crippen molar-refractivity contribution in [3.8, 4) is 6.07 Å². The summed E-state index contributed by atoms with van der Waals surface area (Å²) in [6, 6.07) is 10.5. The van der Waals surface area contributed by atoms with Crippen molar-refractivity contribution < 1.29 is 0 Å². The number of rotatable bonds is 5. The molecule has 0 spiro atoms. The lowest BCUT2D eigenvalue weighted by Crippen LogP contribution is -2.29. The molecule has 0 radical (unpaired) electrons. The molecule has 92 valence electrons. The second-order valence-corrected chi connectivity index (χ2v) is 4.52. The monoisotopic (exact) mass is 231 g/mol. The Bertz CT molecular complexity index is 375. The van der Waals surface area contributed by atoms with Crippen LogP contribution in [0.25, 0.3) is 0 Å². The van der Waals surface area contributed by atoms with Crippen LogP contribution in [0.2, 0.25) is 0 Å². The van der Waals surface area contributed by atoms with Crippen molar-refractivity contribution in [1.29, 1.82) is 5.26 Å². The van der Waals surface area contributed by atoms with Crippen LogP contribution in [-0.4, -0.2) is 20.1 Å². The third-order valence-electron chi connectivity index (χ3n) is 2.94. The highest BCUT2D eigenvalue weighted by Gasteiger charge is 2.12. The van der Waals surface area contributed by atoms with Crippen molar-refractivity contribution in [3.05, 3.63) is 29.8 Å². The second-order valence-electron chi connectivity index (χ2n) is 4.52. The molecule has 1 aromatic carbocycles. The molecule has 0 aliphatic carbocycles. The number of nitriles is 1. The fourth-order valence-corrected chi connectivity index (χ4v) is 1.58. The molecule has 0 saturated carbocycles. The van der Waals surface area contributed by atoms with Crippen LogP contribution in [0.5, 0.6) is 0 Å². The first-order valence-corrected chi connectivity index (χ1v) is 6.01. The van der Waals surface area contributed by atoms with Gasteiger partial charge >= 0.3 is 0 Å². The highest BCUT2D eigenvalue weighted by atomic mass is 15.1. The predicted molar refractivity (Wildman–Crippen MR) is 72.0 cm³/mol. The van der Waals surface area contributed by atoms with Gasteiger partial charge in [0.1, 0.15) is 6.04 Å². The lowest BCUT2D eigenvalue weighted by Gasteiger charge is -2.18. The molecule has 0 heterocycles. The molecule has 3 nitrogen and oxygen atoms in total. The number of anilines is 1. The van der Waals surface area contributed by atoms with E-state index in [1.807, 2.05) is 43.3 Å². The van der Waals surface area contributed by atoms with E-state index in [-0.39, 0.29) is 6.04 Å². The average Bonchev–Trinajstić information content (AvgIpc) is 2.35. The molecule has 1 N–H and O–H groups in total. The summed E-state index contributed by atoms with van der Waals surface area (Å²) in [5, 5.41) is 12.5. The van der Waals surface area contributed by atoms with Gasteiger partial charge in [-0.1, -0.05) is 19.1 Å². The summed E-state index contributed by atoms with van der Waals surface area (Å²) in [6.07, 6.45) is 1.02. The highest BCUT2D eigenvalue weighted by Crippen LogP contribution is 2.18. The van der Waals surface area contributed by atoms with Crippen LogP contribution in [-0.2, 0) is 0 Å². The van der Waals surface area contributed by atoms with E-state index in [0.717, 1.165) is 17.7 Å². The molecule has 0 fully saturated rings.